The number of likely N-dealkylation sites (N-methyl/N-ethyl adjacent to an activating group) is 1. The summed E-state index contributed by atoms with van der Waals surface area (Å²) in [6, 6.07) is 0. The van der Waals surface area contributed by atoms with Crippen LogP contribution in [0.3, 0.4) is 0 Å². The molecule has 0 aromatic heterocycles. The topological polar surface area (TPSA) is 39.7 Å². The number of aliphatic imine (C=N–C) groups is 1. The Morgan fingerprint density at radius 3 is 2.32 bits per heavy atom. The Balaban J connectivity index is 0. The number of hydrogen-bond acceptors (Lipinski definition) is 2. The summed E-state index contributed by atoms with van der Waals surface area (Å²) in [6.45, 7) is 5.47. The zero-order valence-corrected chi connectivity index (χ0v) is 16.1. The highest BCUT2D eigenvalue weighted by Gasteiger charge is 2.28. The van der Waals surface area contributed by atoms with Gasteiger partial charge in [0.25, 0.3) is 0 Å². The minimum atomic E-state index is -4.15. The summed E-state index contributed by atoms with van der Waals surface area (Å²) < 4.78 is 36.5. The second-order valence-corrected chi connectivity index (χ2v) is 5.10. The third-order valence-corrected chi connectivity index (χ3v) is 2.86. The highest BCUT2D eigenvalue weighted by Crippen LogP contribution is 2.14. The minimum absolute atomic E-state index is 0. The summed E-state index contributed by atoms with van der Waals surface area (Å²) in [5.74, 6) is 0.675. The maximum absolute atomic E-state index is 12.2. The van der Waals surface area contributed by atoms with Gasteiger partial charge < -0.3 is 10.6 Å². The third-order valence-electron chi connectivity index (χ3n) is 2.86. The molecule has 0 unspecified atom stereocenters. The van der Waals surface area contributed by atoms with Crippen molar-refractivity contribution in [1.29, 1.82) is 0 Å². The largest absolute Gasteiger partial charge is 0.401 e. The van der Waals surface area contributed by atoms with E-state index in [-0.39, 0.29) is 24.0 Å². The molecule has 134 valence electrons. The van der Waals surface area contributed by atoms with Crippen LogP contribution in [0.4, 0.5) is 13.2 Å². The number of hydrogen-bond donors (Lipinski definition) is 2. The van der Waals surface area contributed by atoms with Crippen LogP contribution in [0.1, 0.15) is 39.5 Å². The summed E-state index contributed by atoms with van der Waals surface area (Å²) in [4.78, 5) is 5.66. The van der Waals surface area contributed by atoms with Gasteiger partial charge in [0.2, 0.25) is 0 Å². The van der Waals surface area contributed by atoms with Crippen molar-refractivity contribution in [3.05, 3.63) is 0 Å². The molecule has 22 heavy (non-hydrogen) atoms. The smallest absolute Gasteiger partial charge is 0.357 e. The van der Waals surface area contributed by atoms with Crippen molar-refractivity contribution in [2.24, 2.45) is 4.99 Å². The van der Waals surface area contributed by atoms with E-state index >= 15 is 0 Å². The molecule has 0 heterocycles. The van der Waals surface area contributed by atoms with E-state index in [9.17, 15) is 13.2 Å². The Labute approximate surface area is 149 Å². The number of rotatable bonds is 10. The molecule has 0 aliphatic carbocycles. The summed E-state index contributed by atoms with van der Waals surface area (Å²) >= 11 is 0. The van der Waals surface area contributed by atoms with E-state index < -0.39 is 12.7 Å². The normalized spacial score (nSPS) is 12.2. The molecule has 4 nitrogen and oxygen atoms in total. The van der Waals surface area contributed by atoms with Crippen molar-refractivity contribution < 1.29 is 13.2 Å². The maximum atomic E-state index is 12.2. The van der Waals surface area contributed by atoms with Crippen molar-refractivity contribution >= 4 is 29.9 Å². The second-order valence-electron chi connectivity index (χ2n) is 5.10. The van der Waals surface area contributed by atoms with E-state index in [4.69, 9.17) is 0 Å². The van der Waals surface area contributed by atoms with Crippen molar-refractivity contribution in [2.45, 2.75) is 45.7 Å². The molecule has 0 aliphatic rings. The average Bonchev–Trinajstić information content (AvgIpc) is 2.36. The van der Waals surface area contributed by atoms with E-state index in [1.54, 1.807) is 0 Å². The van der Waals surface area contributed by atoms with Crippen molar-refractivity contribution in [2.75, 3.05) is 39.8 Å². The molecule has 2 N–H and O–H groups in total. The summed E-state index contributed by atoms with van der Waals surface area (Å²) in [5, 5.41) is 6.15. The molecule has 0 spiro atoms. The van der Waals surface area contributed by atoms with Gasteiger partial charge in [-0.25, -0.2) is 0 Å². The lowest BCUT2D eigenvalue weighted by molar-refractivity contribution is -0.142. The predicted molar refractivity (Wildman–Crippen MR) is 97.1 cm³/mol. The van der Waals surface area contributed by atoms with Crippen molar-refractivity contribution in [3.63, 3.8) is 0 Å². The quantitative estimate of drug-likeness (QED) is 0.238. The molecule has 0 rings (SSSR count). The molecule has 0 saturated carbocycles. The van der Waals surface area contributed by atoms with Gasteiger partial charge in [-0.2, -0.15) is 13.2 Å². The SMILES string of the molecule is CCCCCCN=C(NCC)NCCN(C)CC(F)(F)F.I. The number of alkyl halides is 3. The van der Waals surface area contributed by atoms with E-state index in [1.807, 2.05) is 6.92 Å². The number of halogens is 4. The first-order valence-electron chi connectivity index (χ1n) is 7.66. The molecule has 0 saturated heterocycles. The van der Waals surface area contributed by atoms with Gasteiger partial charge in [0.1, 0.15) is 0 Å². The van der Waals surface area contributed by atoms with Gasteiger partial charge in [-0.15, -0.1) is 24.0 Å². The lowest BCUT2D eigenvalue weighted by Crippen LogP contribution is -2.42. The molecule has 0 aliphatic heterocycles. The standard InChI is InChI=1S/C14H29F3N4.HI/c1-4-6-7-8-9-19-13(18-5-2)20-10-11-21(3)12-14(15,16)17;/h4-12H2,1-3H3,(H2,18,19,20);1H. The Hall–Kier alpha value is -0.250. The molecule has 0 fully saturated rings. The van der Waals surface area contributed by atoms with Gasteiger partial charge >= 0.3 is 6.18 Å². The minimum Gasteiger partial charge on any atom is -0.357 e. The van der Waals surface area contributed by atoms with Crippen molar-refractivity contribution in [3.8, 4) is 0 Å². The Morgan fingerprint density at radius 1 is 1.09 bits per heavy atom. The molecule has 0 aromatic carbocycles. The van der Waals surface area contributed by atoms with E-state index in [1.165, 1.54) is 24.8 Å². The first-order valence-corrected chi connectivity index (χ1v) is 7.66. The van der Waals surface area contributed by atoms with Gasteiger partial charge in [0.15, 0.2) is 5.96 Å². The van der Waals surface area contributed by atoms with Gasteiger partial charge in [-0.3, -0.25) is 9.89 Å². The van der Waals surface area contributed by atoms with Crippen LogP contribution in [-0.4, -0.2) is 56.8 Å². The van der Waals surface area contributed by atoms with Gasteiger partial charge in [-0.1, -0.05) is 26.2 Å². The second kappa shape index (κ2) is 14.3. The number of guanidine groups is 1. The molecule has 0 aromatic rings. The van der Waals surface area contributed by atoms with Gasteiger partial charge in [0, 0.05) is 26.2 Å². The Morgan fingerprint density at radius 2 is 1.77 bits per heavy atom. The number of nitrogens with one attached hydrogen (secondary N) is 2. The van der Waals surface area contributed by atoms with Crippen molar-refractivity contribution in [1.82, 2.24) is 15.5 Å². The first-order chi connectivity index (χ1) is 9.89. The fourth-order valence-electron chi connectivity index (χ4n) is 1.82. The van der Waals surface area contributed by atoms with Crippen LogP contribution in [0.5, 0.6) is 0 Å². The molecule has 0 bridgehead atoms. The van der Waals surface area contributed by atoms with E-state index in [0.717, 1.165) is 25.9 Å². The highest BCUT2D eigenvalue weighted by atomic mass is 127. The fraction of sp³-hybridized carbons (Fsp3) is 0.929. The first kappa shape index (κ1) is 24.0. The highest BCUT2D eigenvalue weighted by molar-refractivity contribution is 14.0. The van der Waals surface area contributed by atoms with Gasteiger partial charge in [-0.05, 0) is 20.4 Å². The lowest BCUT2D eigenvalue weighted by atomic mass is 10.2. The lowest BCUT2D eigenvalue weighted by Gasteiger charge is -2.19. The molecular formula is C14H30F3IN4. The molecule has 8 heteroatoms. The molecule has 0 amide bonds. The van der Waals surface area contributed by atoms with Gasteiger partial charge in [0.05, 0.1) is 6.54 Å². The maximum Gasteiger partial charge on any atom is 0.401 e. The van der Waals surface area contributed by atoms with E-state index in [2.05, 4.69) is 22.5 Å². The summed E-state index contributed by atoms with van der Waals surface area (Å²) in [5.41, 5.74) is 0. The zero-order valence-electron chi connectivity index (χ0n) is 13.8. The fourth-order valence-corrected chi connectivity index (χ4v) is 1.82. The monoisotopic (exact) mass is 438 g/mol. The van der Waals surface area contributed by atoms with Crippen LogP contribution in [0.2, 0.25) is 0 Å². The molecule has 0 radical (unpaired) electrons. The van der Waals surface area contributed by atoms with Crippen LogP contribution in [0, 0.1) is 0 Å². The Bertz CT molecular complexity index is 286. The van der Waals surface area contributed by atoms with Crippen LogP contribution in [-0.2, 0) is 0 Å². The van der Waals surface area contributed by atoms with Crippen LogP contribution >= 0.6 is 24.0 Å². The third kappa shape index (κ3) is 16.1. The van der Waals surface area contributed by atoms with Crippen LogP contribution in [0.15, 0.2) is 4.99 Å². The van der Waals surface area contributed by atoms with Crippen LogP contribution in [0.25, 0.3) is 0 Å². The zero-order chi connectivity index (χ0) is 16.1. The Kier molecular flexibility index (Phi) is 15.7. The number of unbranched alkanes of at least 4 members (excludes halogenated alkanes) is 3. The average molecular weight is 438 g/mol. The van der Waals surface area contributed by atoms with Crippen LogP contribution < -0.4 is 10.6 Å². The number of nitrogens with zero attached hydrogens (tertiary/aromatic N) is 2. The summed E-state index contributed by atoms with van der Waals surface area (Å²) in [6.07, 6.45) is 0.452. The molecular weight excluding hydrogens is 408 g/mol. The summed E-state index contributed by atoms with van der Waals surface area (Å²) in [7, 11) is 1.46. The predicted octanol–water partition coefficient (Wildman–Crippen LogP) is 3.23. The van der Waals surface area contributed by atoms with E-state index in [0.29, 0.717) is 19.0 Å². The molecule has 0 atom stereocenters.